The van der Waals surface area contributed by atoms with Crippen LogP contribution >= 0.6 is 22.3 Å². The fourth-order valence-electron chi connectivity index (χ4n) is 2.66. The smallest absolute Gasteiger partial charge is 0.249 e. The van der Waals surface area contributed by atoms with Crippen LogP contribution in [0.15, 0.2) is 4.90 Å². The molecule has 0 amide bonds. The second-order valence-electron chi connectivity index (χ2n) is 5.10. The molecule has 1 heterocycles. The monoisotopic (exact) mass is 308 g/mol. The van der Waals surface area contributed by atoms with Crippen LogP contribution in [0.5, 0.6) is 0 Å². The van der Waals surface area contributed by atoms with Crippen LogP contribution in [0.1, 0.15) is 56.2 Å². The Morgan fingerprint density at radius 2 is 1.78 bits per heavy atom. The largest absolute Gasteiger partial charge is 0.266 e. The normalized spacial score (nSPS) is 21.7. The van der Waals surface area contributed by atoms with Crippen molar-refractivity contribution in [3.05, 3.63) is 10.8 Å². The van der Waals surface area contributed by atoms with Gasteiger partial charge in [0.25, 0.3) is 9.05 Å². The fourth-order valence-corrected chi connectivity index (χ4v) is 4.56. The Balaban J connectivity index is 2.11. The molecule has 2 aliphatic carbocycles. The lowest BCUT2D eigenvalue weighted by Crippen LogP contribution is -2.07. The summed E-state index contributed by atoms with van der Waals surface area (Å²) >= 11 is 6.20. The third-order valence-electron chi connectivity index (χ3n) is 3.72. The minimum Gasteiger partial charge on any atom is -0.249 e. The first-order valence-electron chi connectivity index (χ1n) is 6.21. The predicted octanol–water partition coefficient (Wildman–Crippen LogP) is 3.46. The predicted molar refractivity (Wildman–Crippen MR) is 69.8 cm³/mol. The molecule has 2 fully saturated rings. The minimum atomic E-state index is -3.82. The van der Waals surface area contributed by atoms with E-state index in [1.165, 1.54) is 0 Å². The first kappa shape index (κ1) is 12.8. The summed E-state index contributed by atoms with van der Waals surface area (Å²) in [5, 5.41) is 4.63. The van der Waals surface area contributed by atoms with E-state index in [2.05, 4.69) is 5.10 Å². The molecule has 0 bridgehead atoms. The summed E-state index contributed by atoms with van der Waals surface area (Å²) in [5.41, 5.74) is 0.571. The number of nitrogens with zero attached hydrogens (tertiary/aromatic N) is 2. The zero-order valence-corrected chi connectivity index (χ0v) is 12.1. The maximum absolute atomic E-state index is 11.7. The van der Waals surface area contributed by atoms with Crippen LogP contribution in [0, 0.1) is 0 Å². The van der Waals surface area contributed by atoms with E-state index in [0.29, 0.717) is 5.69 Å². The van der Waals surface area contributed by atoms with Gasteiger partial charge in [0.1, 0.15) is 10.0 Å². The Kier molecular flexibility index (Phi) is 3.11. The van der Waals surface area contributed by atoms with Crippen molar-refractivity contribution in [1.82, 2.24) is 9.78 Å². The molecular weight excluding hydrogens is 295 g/mol. The van der Waals surface area contributed by atoms with E-state index in [4.69, 9.17) is 22.3 Å². The second-order valence-corrected chi connectivity index (χ2v) is 7.96. The van der Waals surface area contributed by atoms with Crippen LogP contribution in [-0.4, -0.2) is 18.2 Å². The lowest BCUT2D eigenvalue weighted by atomic mass is 10.3. The van der Waals surface area contributed by atoms with Gasteiger partial charge in [-0.15, -0.1) is 0 Å². The molecule has 4 nitrogen and oxygen atoms in total. The standard InChI is InChI=1S/C11H14Cl2N2O2S/c12-11-10(18(13,16)17)9(7-5-6-7)14-15(11)8-3-1-2-4-8/h7-8H,1-6H2. The van der Waals surface area contributed by atoms with Crippen molar-refractivity contribution >= 4 is 31.3 Å². The molecular formula is C11H14Cl2N2O2S. The van der Waals surface area contributed by atoms with Gasteiger partial charge in [-0.05, 0) is 25.7 Å². The molecule has 0 N–H and O–H groups in total. The summed E-state index contributed by atoms with van der Waals surface area (Å²) in [5.74, 6) is 0.216. The number of halogens is 2. The van der Waals surface area contributed by atoms with Gasteiger partial charge in [-0.1, -0.05) is 24.4 Å². The van der Waals surface area contributed by atoms with Crippen LogP contribution in [-0.2, 0) is 9.05 Å². The quantitative estimate of drug-likeness (QED) is 0.804. The van der Waals surface area contributed by atoms with E-state index in [0.717, 1.165) is 38.5 Å². The highest BCUT2D eigenvalue weighted by molar-refractivity contribution is 8.13. The molecule has 100 valence electrons. The Hall–Kier alpha value is -0.260. The van der Waals surface area contributed by atoms with Gasteiger partial charge < -0.3 is 0 Å². The van der Waals surface area contributed by atoms with Crippen molar-refractivity contribution in [1.29, 1.82) is 0 Å². The average Bonchev–Trinajstić information content (AvgIpc) is 2.85. The van der Waals surface area contributed by atoms with Gasteiger partial charge >= 0.3 is 0 Å². The van der Waals surface area contributed by atoms with Crippen molar-refractivity contribution in [2.24, 2.45) is 0 Å². The fraction of sp³-hybridized carbons (Fsp3) is 0.727. The molecule has 1 aromatic rings. The lowest BCUT2D eigenvalue weighted by molar-refractivity contribution is 0.463. The van der Waals surface area contributed by atoms with Crippen molar-refractivity contribution in [3.63, 3.8) is 0 Å². The molecule has 0 unspecified atom stereocenters. The number of hydrogen-bond donors (Lipinski definition) is 0. The van der Waals surface area contributed by atoms with E-state index >= 15 is 0 Å². The maximum atomic E-state index is 11.7. The summed E-state index contributed by atoms with van der Waals surface area (Å²) in [4.78, 5) is 0.0419. The van der Waals surface area contributed by atoms with Gasteiger partial charge in [0.2, 0.25) is 0 Å². The molecule has 1 aromatic heterocycles. The highest BCUT2D eigenvalue weighted by Gasteiger charge is 2.37. The highest BCUT2D eigenvalue weighted by Crippen LogP contribution is 2.46. The van der Waals surface area contributed by atoms with Crippen LogP contribution in [0.4, 0.5) is 0 Å². The molecule has 3 rings (SSSR count). The second kappa shape index (κ2) is 4.39. The van der Waals surface area contributed by atoms with Crippen LogP contribution in [0.25, 0.3) is 0 Å². The summed E-state index contributed by atoms with van der Waals surface area (Å²) < 4.78 is 25.0. The van der Waals surface area contributed by atoms with Gasteiger partial charge in [0, 0.05) is 16.6 Å². The Bertz CT molecular complexity index is 572. The Morgan fingerprint density at radius 3 is 2.28 bits per heavy atom. The Labute approximate surface area is 116 Å². The first-order valence-corrected chi connectivity index (χ1v) is 8.90. The Morgan fingerprint density at radius 1 is 1.17 bits per heavy atom. The van der Waals surface area contributed by atoms with Gasteiger partial charge in [-0.3, -0.25) is 0 Å². The van der Waals surface area contributed by atoms with Crippen LogP contribution < -0.4 is 0 Å². The van der Waals surface area contributed by atoms with Crippen molar-refractivity contribution in [2.45, 2.75) is 55.4 Å². The molecule has 7 heteroatoms. The topological polar surface area (TPSA) is 52.0 Å². The molecule has 18 heavy (non-hydrogen) atoms. The summed E-state index contributed by atoms with van der Waals surface area (Å²) in [6.07, 6.45) is 6.24. The number of rotatable bonds is 3. The van der Waals surface area contributed by atoms with E-state index in [9.17, 15) is 8.42 Å². The zero-order valence-electron chi connectivity index (χ0n) is 9.77. The third kappa shape index (κ3) is 2.17. The van der Waals surface area contributed by atoms with Crippen molar-refractivity contribution < 1.29 is 8.42 Å². The van der Waals surface area contributed by atoms with Gasteiger partial charge in [0.15, 0.2) is 0 Å². The average molecular weight is 309 g/mol. The van der Waals surface area contributed by atoms with E-state index in [-0.39, 0.29) is 22.0 Å². The first-order chi connectivity index (χ1) is 8.48. The van der Waals surface area contributed by atoms with Crippen molar-refractivity contribution in [3.8, 4) is 0 Å². The molecule has 0 aliphatic heterocycles. The summed E-state index contributed by atoms with van der Waals surface area (Å²) in [6, 6.07) is 0.224. The number of aromatic nitrogens is 2. The van der Waals surface area contributed by atoms with E-state index < -0.39 is 9.05 Å². The molecule has 0 aromatic carbocycles. The third-order valence-corrected chi connectivity index (χ3v) is 5.54. The molecule has 0 radical (unpaired) electrons. The zero-order chi connectivity index (χ0) is 12.9. The number of hydrogen-bond acceptors (Lipinski definition) is 3. The van der Waals surface area contributed by atoms with Crippen molar-refractivity contribution in [2.75, 3.05) is 0 Å². The molecule has 0 atom stereocenters. The molecule has 0 saturated heterocycles. The van der Waals surface area contributed by atoms with Crippen LogP contribution in [0.3, 0.4) is 0 Å². The molecule has 0 spiro atoms. The maximum Gasteiger partial charge on any atom is 0.266 e. The summed E-state index contributed by atoms with van der Waals surface area (Å²) in [7, 11) is 1.67. The summed E-state index contributed by atoms with van der Waals surface area (Å²) in [6.45, 7) is 0. The van der Waals surface area contributed by atoms with E-state index in [1.807, 2.05) is 0 Å². The SMILES string of the molecule is O=S(=O)(Cl)c1c(C2CC2)nn(C2CCCC2)c1Cl. The molecule has 2 saturated carbocycles. The van der Waals surface area contributed by atoms with E-state index in [1.54, 1.807) is 4.68 Å². The van der Waals surface area contributed by atoms with Crippen LogP contribution in [0.2, 0.25) is 5.15 Å². The molecule has 2 aliphatic rings. The van der Waals surface area contributed by atoms with Gasteiger partial charge in [0.05, 0.1) is 11.7 Å². The van der Waals surface area contributed by atoms with Gasteiger partial charge in [-0.2, -0.15) is 5.10 Å². The van der Waals surface area contributed by atoms with Gasteiger partial charge in [-0.25, -0.2) is 13.1 Å². The minimum absolute atomic E-state index is 0.0419. The highest BCUT2D eigenvalue weighted by atomic mass is 35.7. The lowest BCUT2D eigenvalue weighted by Gasteiger charge is -2.10.